The van der Waals surface area contributed by atoms with Crippen LogP contribution in [-0.4, -0.2) is 31.4 Å². The zero-order chi connectivity index (χ0) is 22.2. The van der Waals surface area contributed by atoms with Gasteiger partial charge in [-0.2, -0.15) is 0 Å². The number of hydrogen-bond donors (Lipinski definition) is 1. The van der Waals surface area contributed by atoms with E-state index in [4.69, 9.17) is 13.9 Å². The quantitative estimate of drug-likeness (QED) is 0.573. The minimum atomic E-state index is -2.13. The molecule has 1 fully saturated rings. The molecule has 0 amide bonds. The molecule has 1 aliphatic rings. The largest absolute Gasteiger partial charge is 0.407 e. The Hall–Kier alpha value is -1.50. The van der Waals surface area contributed by atoms with Crippen molar-refractivity contribution in [3.05, 3.63) is 71.8 Å². The van der Waals surface area contributed by atoms with Crippen LogP contribution in [0.4, 0.5) is 0 Å². The van der Waals surface area contributed by atoms with Crippen LogP contribution < -0.4 is 0 Å². The number of aliphatic hydroxyl groups is 1. The fraction of sp³-hybridized carbons (Fsp3) is 0.520. The van der Waals surface area contributed by atoms with Gasteiger partial charge in [-0.05, 0) is 43.1 Å². The first kappa shape index (κ1) is 23.2. The Kier molecular flexibility index (Phi) is 6.61. The van der Waals surface area contributed by atoms with Crippen LogP contribution in [0.25, 0.3) is 0 Å². The molecule has 1 heterocycles. The molecule has 0 spiro atoms. The normalized spacial score (nSPS) is 23.9. The van der Waals surface area contributed by atoms with E-state index in [-0.39, 0.29) is 11.1 Å². The van der Waals surface area contributed by atoms with Crippen molar-refractivity contribution in [1.82, 2.24) is 0 Å². The van der Waals surface area contributed by atoms with Crippen molar-refractivity contribution < 1.29 is 19.0 Å². The Labute approximate surface area is 182 Å². The Morgan fingerprint density at radius 1 is 0.867 bits per heavy atom. The summed E-state index contributed by atoms with van der Waals surface area (Å²) in [6, 6.07) is 19.8. The van der Waals surface area contributed by atoms with E-state index in [0.717, 1.165) is 11.1 Å². The lowest BCUT2D eigenvalue weighted by Crippen LogP contribution is -2.46. The first-order valence-electron chi connectivity index (χ1n) is 10.7. The van der Waals surface area contributed by atoms with E-state index >= 15 is 0 Å². The summed E-state index contributed by atoms with van der Waals surface area (Å²) in [6.45, 7) is 15.0. The van der Waals surface area contributed by atoms with Crippen molar-refractivity contribution in [2.75, 3.05) is 0 Å². The predicted molar refractivity (Wildman–Crippen MR) is 123 cm³/mol. The highest BCUT2D eigenvalue weighted by molar-refractivity contribution is 6.74. The van der Waals surface area contributed by atoms with Crippen LogP contribution in [0.2, 0.25) is 18.1 Å². The zero-order valence-electron chi connectivity index (χ0n) is 19.3. The Morgan fingerprint density at radius 3 is 1.83 bits per heavy atom. The zero-order valence-corrected chi connectivity index (χ0v) is 20.3. The molecule has 1 aliphatic heterocycles. The lowest BCUT2D eigenvalue weighted by molar-refractivity contribution is -0.160. The fourth-order valence-corrected chi connectivity index (χ4v) is 4.86. The molecule has 2 aromatic rings. The van der Waals surface area contributed by atoms with E-state index < -0.39 is 32.4 Å². The van der Waals surface area contributed by atoms with Crippen LogP contribution in [0.15, 0.2) is 60.7 Å². The van der Waals surface area contributed by atoms with Gasteiger partial charge in [-0.1, -0.05) is 81.4 Å². The Morgan fingerprint density at radius 2 is 1.33 bits per heavy atom. The predicted octanol–water partition coefficient (Wildman–Crippen LogP) is 6.00. The van der Waals surface area contributed by atoms with Crippen LogP contribution >= 0.6 is 0 Å². The Bertz CT molecular complexity index is 814. The van der Waals surface area contributed by atoms with Crippen LogP contribution in [0.5, 0.6) is 0 Å². The summed E-state index contributed by atoms with van der Waals surface area (Å²) in [7, 11) is -2.13. The second-order valence-electron chi connectivity index (χ2n) is 10.1. The highest BCUT2D eigenvalue weighted by Crippen LogP contribution is 2.46. The molecule has 5 heteroatoms. The van der Waals surface area contributed by atoms with Gasteiger partial charge in [0.2, 0.25) is 0 Å². The molecule has 4 nitrogen and oxygen atoms in total. The van der Waals surface area contributed by atoms with E-state index in [1.54, 1.807) is 0 Å². The number of hydrogen-bond acceptors (Lipinski definition) is 4. The lowest BCUT2D eigenvalue weighted by atomic mass is 9.94. The third-order valence-electron chi connectivity index (χ3n) is 6.27. The second-order valence-corrected chi connectivity index (χ2v) is 14.9. The molecule has 4 atom stereocenters. The van der Waals surface area contributed by atoms with Gasteiger partial charge in [0.05, 0.1) is 6.10 Å². The summed E-state index contributed by atoms with van der Waals surface area (Å²) in [5.41, 5.74) is 1.85. The topological polar surface area (TPSA) is 47.9 Å². The summed E-state index contributed by atoms with van der Waals surface area (Å²) in [5.74, 6) is -0.811. The van der Waals surface area contributed by atoms with Gasteiger partial charge >= 0.3 is 0 Å². The van der Waals surface area contributed by atoms with Crippen LogP contribution in [0, 0.1) is 0 Å². The molecule has 0 bridgehead atoms. The molecular weight excluding hydrogens is 392 g/mol. The molecule has 164 valence electrons. The van der Waals surface area contributed by atoms with E-state index in [2.05, 4.69) is 46.0 Å². The highest BCUT2D eigenvalue weighted by Gasteiger charge is 2.51. The lowest BCUT2D eigenvalue weighted by Gasteiger charge is -2.41. The molecule has 3 rings (SSSR count). The van der Waals surface area contributed by atoms with Crippen LogP contribution in [0.1, 0.15) is 58.0 Å². The van der Waals surface area contributed by atoms with Gasteiger partial charge in [0.15, 0.2) is 14.1 Å². The van der Waals surface area contributed by atoms with Gasteiger partial charge in [-0.15, -0.1) is 0 Å². The van der Waals surface area contributed by atoms with Crippen molar-refractivity contribution in [2.45, 2.75) is 83.0 Å². The van der Waals surface area contributed by atoms with E-state index in [1.165, 1.54) is 0 Å². The third-order valence-corrected chi connectivity index (χ3v) is 10.7. The SMILES string of the molecule is CC1(C)O[C@@H]([C@H](O)c2ccccc2)[C@H]([C@H](O[Si](C)(C)C(C)(C)C)c2ccccc2)O1. The average Bonchev–Trinajstić information content (AvgIpc) is 3.01. The molecule has 0 aromatic heterocycles. The fourth-order valence-electron chi connectivity index (χ4n) is 3.60. The van der Waals surface area contributed by atoms with E-state index in [1.807, 2.05) is 62.4 Å². The molecule has 0 unspecified atom stereocenters. The second kappa shape index (κ2) is 8.56. The van der Waals surface area contributed by atoms with Gasteiger partial charge in [-0.25, -0.2) is 0 Å². The highest BCUT2D eigenvalue weighted by atomic mass is 28.4. The molecule has 0 aliphatic carbocycles. The third kappa shape index (κ3) is 5.03. The maximum absolute atomic E-state index is 11.2. The van der Waals surface area contributed by atoms with E-state index in [0.29, 0.717) is 0 Å². The van der Waals surface area contributed by atoms with Crippen LogP contribution in [-0.2, 0) is 13.9 Å². The Balaban J connectivity index is 2.01. The van der Waals surface area contributed by atoms with Crippen molar-refractivity contribution in [1.29, 1.82) is 0 Å². The molecule has 2 aromatic carbocycles. The van der Waals surface area contributed by atoms with Crippen LogP contribution in [0.3, 0.4) is 0 Å². The van der Waals surface area contributed by atoms with Crippen molar-refractivity contribution in [3.63, 3.8) is 0 Å². The number of benzene rings is 2. The molecule has 1 N–H and O–H groups in total. The first-order valence-corrected chi connectivity index (χ1v) is 13.6. The summed E-state index contributed by atoms with van der Waals surface area (Å²) in [4.78, 5) is 0. The summed E-state index contributed by atoms with van der Waals surface area (Å²) in [6.07, 6.45) is -2.13. The molecule has 1 saturated heterocycles. The van der Waals surface area contributed by atoms with Crippen molar-refractivity contribution >= 4 is 8.32 Å². The maximum atomic E-state index is 11.2. The van der Waals surface area contributed by atoms with Crippen molar-refractivity contribution in [2.24, 2.45) is 0 Å². The number of rotatable bonds is 6. The monoisotopic (exact) mass is 428 g/mol. The average molecular weight is 429 g/mol. The molecule has 30 heavy (non-hydrogen) atoms. The minimum absolute atomic E-state index is 0.0442. The summed E-state index contributed by atoms with van der Waals surface area (Å²) >= 11 is 0. The van der Waals surface area contributed by atoms with Gasteiger partial charge in [-0.3, -0.25) is 0 Å². The van der Waals surface area contributed by atoms with E-state index in [9.17, 15) is 5.11 Å². The number of aliphatic hydroxyl groups excluding tert-OH is 1. The minimum Gasteiger partial charge on any atom is -0.407 e. The summed E-state index contributed by atoms with van der Waals surface area (Å²) < 4.78 is 19.5. The smallest absolute Gasteiger partial charge is 0.193 e. The number of ether oxygens (including phenoxy) is 2. The van der Waals surface area contributed by atoms with Gasteiger partial charge in [0.1, 0.15) is 18.3 Å². The van der Waals surface area contributed by atoms with Gasteiger partial charge in [0.25, 0.3) is 0 Å². The molecule has 0 saturated carbocycles. The maximum Gasteiger partial charge on any atom is 0.193 e. The molecule has 0 radical (unpaired) electrons. The van der Waals surface area contributed by atoms with Crippen molar-refractivity contribution in [3.8, 4) is 0 Å². The van der Waals surface area contributed by atoms with Gasteiger partial charge in [0, 0.05) is 0 Å². The van der Waals surface area contributed by atoms with Gasteiger partial charge < -0.3 is 19.0 Å². The standard InChI is InChI=1S/C25H36O4Si/c1-24(2,3)30(6,7)29-21(19-16-12-9-13-17-19)23-22(27-25(4,5)28-23)20(26)18-14-10-8-11-15-18/h8-17,20-23,26H,1-7H3/t20-,21-,22+,23+/m1/s1. The summed E-state index contributed by atoms with van der Waals surface area (Å²) in [5, 5.41) is 11.3. The molecular formula is C25H36O4Si. The first-order chi connectivity index (χ1) is 13.9.